The highest BCUT2D eigenvalue weighted by Crippen LogP contribution is 2.32. The number of hydrogen-bond donors (Lipinski definition) is 0. The molecule has 0 amide bonds. The van der Waals surface area contributed by atoms with E-state index < -0.39 is 5.79 Å². The lowest BCUT2D eigenvalue weighted by molar-refractivity contribution is -0.151. The largest absolute Gasteiger partial charge is 0.375 e. The fourth-order valence-corrected chi connectivity index (χ4v) is 2.97. The van der Waals surface area contributed by atoms with Gasteiger partial charge >= 0.3 is 0 Å². The van der Waals surface area contributed by atoms with Crippen LogP contribution in [0.15, 0.2) is 0 Å². The second-order valence-corrected chi connectivity index (χ2v) is 5.63. The highest BCUT2D eigenvalue weighted by Gasteiger charge is 2.41. The van der Waals surface area contributed by atoms with E-state index >= 15 is 0 Å². The van der Waals surface area contributed by atoms with E-state index in [1.165, 1.54) is 6.42 Å². The number of alkyl halides is 1. The molecule has 0 aromatic rings. The van der Waals surface area contributed by atoms with Gasteiger partial charge in [-0.15, -0.1) is 0 Å². The molecule has 2 fully saturated rings. The lowest BCUT2D eigenvalue weighted by Gasteiger charge is -2.24. The Bertz CT molecular complexity index is 220. The van der Waals surface area contributed by atoms with Crippen LogP contribution in [0.4, 0.5) is 0 Å². The summed E-state index contributed by atoms with van der Waals surface area (Å²) in [5.41, 5.74) is 0. The Labute approximate surface area is 105 Å². The third kappa shape index (κ3) is 3.05. The Kier molecular flexibility index (Phi) is 3.91. The topological polar surface area (TPSA) is 27.7 Å². The minimum absolute atomic E-state index is 0.130. The van der Waals surface area contributed by atoms with Crippen LogP contribution in [0.2, 0.25) is 0 Å². The van der Waals surface area contributed by atoms with Gasteiger partial charge in [0.05, 0.1) is 18.8 Å². The molecule has 1 unspecified atom stereocenters. The summed E-state index contributed by atoms with van der Waals surface area (Å²) in [7, 11) is 0. The number of halogens is 1. The standard InChI is InChI=1S/C11H19IO3/c1-11(2)14-9-5-3-4-8(6-12)13-7-10(9)15-11/h8-10H,3-7H2,1-2H3/t8?,9-,10+/m1/s1. The molecule has 2 aliphatic heterocycles. The van der Waals surface area contributed by atoms with E-state index in [2.05, 4.69) is 22.6 Å². The molecule has 0 saturated carbocycles. The van der Waals surface area contributed by atoms with Crippen molar-refractivity contribution in [3.8, 4) is 0 Å². The Hall–Kier alpha value is 0.610. The van der Waals surface area contributed by atoms with Crippen LogP contribution in [0.1, 0.15) is 33.1 Å². The fourth-order valence-electron chi connectivity index (χ4n) is 2.28. The number of hydrogen-bond acceptors (Lipinski definition) is 3. The van der Waals surface area contributed by atoms with Gasteiger partial charge in [0.1, 0.15) is 6.10 Å². The van der Waals surface area contributed by atoms with Crippen LogP contribution < -0.4 is 0 Å². The molecule has 2 rings (SSSR count). The summed E-state index contributed by atoms with van der Waals surface area (Å²) >= 11 is 2.39. The van der Waals surface area contributed by atoms with Gasteiger partial charge in [0.2, 0.25) is 0 Å². The first-order valence-electron chi connectivity index (χ1n) is 5.64. The van der Waals surface area contributed by atoms with Gasteiger partial charge in [0.15, 0.2) is 5.79 Å². The van der Waals surface area contributed by atoms with E-state index in [1.54, 1.807) is 0 Å². The summed E-state index contributed by atoms with van der Waals surface area (Å²) in [4.78, 5) is 0. The van der Waals surface area contributed by atoms with Crippen molar-refractivity contribution in [1.29, 1.82) is 0 Å². The van der Waals surface area contributed by atoms with Gasteiger partial charge in [0, 0.05) is 4.43 Å². The lowest BCUT2D eigenvalue weighted by atomic mass is 10.0. The molecule has 0 radical (unpaired) electrons. The third-order valence-corrected chi connectivity index (χ3v) is 3.95. The van der Waals surface area contributed by atoms with Crippen LogP contribution in [0.3, 0.4) is 0 Å². The van der Waals surface area contributed by atoms with Crippen molar-refractivity contribution in [2.24, 2.45) is 0 Å². The Morgan fingerprint density at radius 2 is 1.93 bits per heavy atom. The molecule has 88 valence electrons. The summed E-state index contributed by atoms with van der Waals surface area (Å²) in [5, 5.41) is 0. The predicted octanol–water partition coefficient (Wildman–Crippen LogP) is 2.51. The minimum Gasteiger partial charge on any atom is -0.375 e. The van der Waals surface area contributed by atoms with Gasteiger partial charge in [-0.2, -0.15) is 0 Å². The zero-order valence-corrected chi connectivity index (χ0v) is 11.5. The molecule has 0 aliphatic carbocycles. The van der Waals surface area contributed by atoms with E-state index in [1.807, 2.05) is 13.8 Å². The molecule has 0 aromatic carbocycles. The van der Waals surface area contributed by atoms with Gasteiger partial charge in [-0.25, -0.2) is 0 Å². The molecule has 0 spiro atoms. The normalized spacial score (nSPS) is 40.6. The van der Waals surface area contributed by atoms with Crippen LogP contribution in [-0.2, 0) is 14.2 Å². The van der Waals surface area contributed by atoms with Gasteiger partial charge in [-0.05, 0) is 33.1 Å². The predicted molar refractivity (Wildman–Crippen MR) is 66.3 cm³/mol. The molecule has 4 heteroatoms. The van der Waals surface area contributed by atoms with Crippen LogP contribution in [0, 0.1) is 0 Å². The average molecular weight is 326 g/mol. The van der Waals surface area contributed by atoms with Crippen molar-refractivity contribution in [3.05, 3.63) is 0 Å². The van der Waals surface area contributed by atoms with E-state index in [0.717, 1.165) is 17.3 Å². The summed E-state index contributed by atoms with van der Waals surface area (Å²) in [6.45, 7) is 4.64. The fraction of sp³-hybridized carbons (Fsp3) is 1.00. The van der Waals surface area contributed by atoms with Crippen LogP contribution >= 0.6 is 22.6 Å². The first-order chi connectivity index (χ1) is 7.11. The van der Waals surface area contributed by atoms with Crippen molar-refractivity contribution < 1.29 is 14.2 Å². The molecular formula is C11H19IO3. The SMILES string of the molecule is CC1(C)O[C@H]2COC(CI)CCC[C@H]2O1. The van der Waals surface area contributed by atoms with Crippen molar-refractivity contribution in [2.45, 2.75) is 57.2 Å². The first-order valence-corrected chi connectivity index (χ1v) is 7.16. The Balaban J connectivity index is 1.95. The zero-order chi connectivity index (χ0) is 10.9. The summed E-state index contributed by atoms with van der Waals surface area (Å²) in [6, 6.07) is 0. The molecule has 15 heavy (non-hydrogen) atoms. The number of fused-ring (bicyclic) bond motifs is 1. The summed E-state index contributed by atoms with van der Waals surface area (Å²) < 4.78 is 18.6. The second kappa shape index (κ2) is 4.85. The molecule has 2 aliphatic rings. The molecule has 3 nitrogen and oxygen atoms in total. The number of rotatable bonds is 1. The lowest BCUT2D eigenvalue weighted by Crippen LogP contribution is -2.33. The zero-order valence-electron chi connectivity index (χ0n) is 9.37. The van der Waals surface area contributed by atoms with E-state index in [4.69, 9.17) is 14.2 Å². The maximum Gasteiger partial charge on any atom is 0.163 e. The second-order valence-electron chi connectivity index (χ2n) is 4.75. The molecule has 0 N–H and O–H groups in total. The van der Waals surface area contributed by atoms with E-state index in [9.17, 15) is 0 Å². The molecule has 2 heterocycles. The Morgan fingerprint density at radius 3 is 2.67 bits per heavy atom. The molecule has 0 aromatic heterocycles. The maximum absolute atomic E-state index is 5.85. The van der Waals surface area contributed by atoms with Crippen molar-refractivity contribution in [3.63, 3.8) is 0 Å². The van der Waals surface area contributed by atoms with Gasteiger partial charge in [0.25, 0.3) is 0 Å². The van der Waals surface area contributed by atoms with Crippen molar-refractivity contribution in [1.82, 2.24) is 0 Å². The summed E-state index contributed by atoms with van der Waals surface area (Å²) in [6.07, 6.45) is 4.19. The monoisotopic (exact) mass is 326 g/mol. The van der Waals surface area contributed by atoms with Crippen LogP contribution in [-0.4, -0.2) is 35.1 Å². The van der Waals surface area contributed by atoms with E-state index in [0.29, 0.717) is 12.7 Å². The summed E-state index contributed by atoms with van der Waals surface area (Å²) in [5.74, 6) is -0.428. The first kappa shape index (κ1) is 12.1. The molecular weight excluding hydrogens is 307 g/mol. The van der Waals surface area contributed by atoms with Crippen LogP contribution in [0.5, 0.6) is 0 Å². The highest BCUT2D eigenvalue weighted by molar-refractivity contribution is 14.1. The van der Waals surface area contributed by atoms with Crippen molar-refractivity contribution in [2.75, 3.05) is 11.0 Å². The quantitative estimate of drug-likeness (QED) is 0.547. The minimum atomic E-state index is -0.428. The smallest absolute Gasteiger partial charge is 0.163 e. The maximum atomic E-state index is 5.85. The third-order valence-electron chi connectivity index (χ3n) is 2.97. The van der Waals surface area contributed by atoms with Gasteiger partial charge in [-0.3, -0.25) is 0 Å². The van der Waals surface area contributed by atoms with Crippen molar-refractivity contribution >= 4 is 22.6 Å². The highest BCUT2D eigenvalue weighted by atomic mass is 127. The number of ether oxygens (including phenoxy) is 3. The van der Waals surface area contributed by atoms with Gasteiger partial charge < -0.3 is 14.2 Å². The average Bonchev–Trinajstić information content (AvgIpc) is 2.42. The Morgan fingerprint density at radius 1 is 1.20 bits per heavy atom. The molecule has 2 saturated heterocycles. The molecule has 3 atom stereocenters. The van der Waals surface area contributed by atoms with Gasteiger partial charge in [-0.1, -0.05) is 22.6 Å². The van der Waals surface area contributed by atoms with E-state index in [-0.39, 0.29) is 12.2 Å². The molecule has 0 bridgehead atoms. The van der Waals surface area contributed by atoms with Crippen LogP contribution in [0.25, 0.3) is 0 Å².